The van der Waals surface area contributed by atoms with Crippen LogP contribution in [-0.2, 0) is 9.53 Å². The highest BCUT2D eigenvalue weighted by atomic mass is 35.5. The van der Waals surface area contributed by atoms with Crippen molar-refractivity contribution in [3.63, 3.8) is 0 Å². The Morgan fingerprint density at radius 1 is 1.50 bits per heavy atom. The van der Waals surface area contributed by atoms with Crippen LogP contribution in [-0.4, -0.2) is 37.7 Å². The van der Waals surface area contributed by atoms with E-state index < -0.39 is 0 Å². The zero-order chi connectivity index (χ0) is 10.7. The molecule has 0 aromatic heterocycles. The van der Waals surface area contributed by atoms with Crippen molar-refractivity contribution in [3.8, 4) is 0 Å². The van der Waals surface area contributed by atoms with E-state index in [0.717, 1.165) is 25.4 Å². The van der Waals surface area contributed by atoms with Gasteiger partial charge in [-0.2, -0.15) is 0 Å². The first-order valence-corrected chi connectivity index (χ1v) is 5.90. The maximum Gasteiger partial charge on any atom is 0.239 e. The molecule has 94 valence electrons. The van der Waals surface area contributed by atoms with E-state index in [4.69, 9.17) is 4.74 Å². The van der Waals surface area contributed by atoms with Crippen LogP contribution in [0.5, 0.6) is 0 Å². The molecule has 2 rings (SSSR count). The zero-order valence-electron chi connectivity index (χ0n) is 9.70. The predicted octanol–water partition coefficient (Wildman–Crippen LogP) is 0.701. The molecule has 0 aromatic rings. The molecule has 1 heterocycles. The Morgan fingerprint density at radius 3 is 2.88 bits per heavy atom. The molecule has 0 aromatic carbocycles. The van der Waals surface area contributed by atoms with Gasteiger partial charge in [-0.3, -0.25) is 4.79 Å². The average Bonchev–Trinajstić information content (AvgIpc) is 3.02. The summed E-state index contributed by atoms with van der Waals surface area (Å²) in [7, 11) is 0. The van der Waals surface area contributed by atoms with Gasteiger partial charge in [0, 0.05) is 13.1 Å². The third kappa shape index (κ3) is 3.92. The van der Waals surface area contributed by atoms with Crippen LogP contribution >= 0.6 is 12.4 Å². The van der Waals surface area contributed by atoms with Gasteiger partial charge in [0.25, 0.3) is 0 Å². The van der Waals surface area contributed by atoms with Crippen LogP contribution in [0.3, 0.4) is 0 Å². The third-order valence-electron chi connectivity index (χ3n) is 3.15. The van der Waals surface area contributed by atoms with Gasteiger partial charge < -0.3 is 15.4 Å². The third-order valence-corrected chi connectivity index (χ3v) is 3.15. The molecular weight excluding hydrogens is 228 g/mol. The molecule has 4 nitrogen and oxygen atoms in total. The van der Waals surface area contributed by atoms with Crippen LogP contribution in [0.1, 0.15) is 26.2 Å². The lowest BCUT2D eigenvalue weighted by Crippen LogP contribution is -2.55. The van der Waals surface area contributed by atoms with Crippen molar-refractivity contribution in [1.82, 2.24) is 10.6 Å². The molecule has 2 fully saturated rings. The molecule has 0 unspecified atom stereocenters. The summed E-state index contributed by atoms with van der Waals surface area (Å²) >= 11 is 0. The molecule has 16 heavy (non-hydrogen) atoms. The quantitative estimate of drug-likeness (QED) is 0.770. The molecular formula is C11H21ClN2O2. The second kappa shape index (κ2) is 6.42. The molecule has 2 N–H and O–H groups in total. The first kappa shape index (κ1) is 13.7. The van der Waals surface area contributed by atoms with Crippen molar-refractivity contribution in [1.29, 1.82) is 0 Å². The van der Waals surface area contributed by atoms with Crippen LogP contribution in [0.25, 0.3) is 0 Å². The number of hydrogen-bond acceptors (Lipinski definition) is 3. The van der Waals surface area contributed by atoms with E-state index in [1.54, 1.807) is 0 Å². The Balaban J connectivity index is 0.00000128. The van der Waals surface area contributed by atoms with E-state index in [1.807, 2.05) is 6.92 Å². The lowest BCUT2D eigenvalue weighted by molar-refractivity contribution is -0.128. The van der Waals surface area contributed by atoms with Crippen molar-refractivity contribution in [3.05, 3.63) is 0 Å². The molecule has 0 spiro atoms. The number of rotatable bonds is 4. The molecule has 1 aliphatic carbocycles. The number of halogens is 1. The summed E-state index contributed by atoms with van der Waals surface area (Å²) in [4.78, 5) is 11.8. The number of nitrogens with one attached hydrogen (secondary N) is 2. The molecule has 0 bridgehead atoms. The summed E-state index contributed by atoms with van der Waals surface area (Å²) in [6.45, 7) is 4.23. The highest BCUT2D eigenvalue weighted by molar-refractivity contribution is 5.85. The molecule has 1 aliphatic heterocycles. The van der Waals surface area contributed by atoms with Crippen molar-refractivity contribution in [2.45, 2.75) is 38.3 Å². The largest absolute Gasteiger partial charge is 0.375 e. The lowest BCUT2D eigenvalue weighted by atomic mass is 10.1. The Bertz CT molecular complexity index is 234. The molecule has 2 atom stereocenters. The Hall–Kier alpha value is -0.320. The van der Waals surface area contributed by atoms with Gasteiger partial charge in [-0.05, 0) is 19.3 Å². The number of morpholine rings is 1. The van der Waals surface area contributed by atoms with Gasteiger partial charge in [-0.25, -0.2) is 0 Å². The average molecular weight is 249 g/mol. The van der Waals surface area contributed by atoms with Gasteiger partial charge in [0.2, 0.25) is 5.91 Å². The Morgan fingerprint density at radius 2 is 2.25 bits per heavy atom. The summed E-state index contributed by atoms with van der Waals surface area (Å²) in [5, 5.41) is 6.16. The number of carbonyl (C=O) groups excluding carboxylic acids is 1. The van der Waals surface area contributed by atoms with Gasteiger partial charge >= 0.3 is 0 Å². The van der Waals surface area contributed by atoms with Crippen molar-refractivity contribution in [2.24, 2.45) is 5.92 Å². The molecule has 0 radical (unpaired) electrons. The number of amides is 1. The Labute approximate surface area is 103 Å². The van der Waals surface area contributed by atoms with Crippen molar-refractivity contribution < 1.29 is 9.53 Å². The fourth-order valence-electron chi connectivity index (χ4n) is 1.94. The van der Waals surface area contributed by atoms with E-state index >= 15 is 0 Å². The van der Waals surface area contributed by atoms with Crippen LogP contribution in [0.4, 0.5) is 0 Å². The highest BCUT2D eigenvalue weighted by Gasteiger charge is 2.28. The van der Waals surface area contributed by atoms with Gasteiger partial charge in [0.1, 0.15) is 6.04 Å². The molecule has 1 saturated heterocycles. The second-order valence-electron chi connectivity index (χ2n) is 4.53. The molecule has 1 amide bonds. The number of ether oxygens (including phenoxy) is 1. The SMILES string of the molecule is C[C@H]1OCCN[C@@H]1C(=O)NCCC1CC1.Cl. The van der Waals surface area contributed by atoms with Crippen LogP contribution in [0, 0.1) is 5.92 Å². The zero-order valence-corrected chi connectivity index (χ0v) is 10.5. The standard InChI is InChI=1S/C11H20N2O2.ClH/c1-8-10(12-6-7-15-8)11(14)13-5-4-9-2-3-9;/h8-10,12H,2-7H2,1H3,(H,13,14);1H/t8-,10+;/m1./s1. The van der Waals surface area contributed by atoms with Crippen LogP contribution < -0.4 is 10.6 Å². The summed E-state index contributed by atoms with van der Waals surface area (Å²) < 4.78 is 5.43. The van der Waals surface area contributed by atoms with E-state index in [1.165, 1.54) is 12.8 Å². The topological polar surface area (TPSA) is 50.4 Å². The highest BCUT2D eigenvalue weighted by Crippen LogP contribution is 2.31. The maximum atomic E-state index is 11.8. The van der Waals surface area contributed by atoms with E-state index in [9.17, 15) is 4.79 Å². The van der Waals surface area contributed by atoms with Crippen molar-refractivity contribution >= 4 is 18.3 Å². The van der Waals surface area contributed by atoms with E-state index in [-0.39, 0.29) is 30.5 Å². The predicted molar refractivity (Wildman–Crippen MR) is 64.8 cm³/mol. The van der Waals surface area contributed by atoms with Gasteiger partial charge in [-0.15, -0.1) is 12.4 Å². The second-order valence-corrected chi connectivity index (χ2v) is 4.53. The Kier molecular flexibility index (Phi) is 5.52. The fourth-order valence-corrected chi connectivity index (χ4v) is 1.94. The molecule has 5 heteroatoms. The summed E-state index contributed by atoms with van der Waals surface area (Å²) in [5.41, 5.74) is 0. The summed E-state index contributed by atoms with van der Waals surface area (Å²) in [6, 6.07) is -0.169. The number of carbonyl (C=O) groups is 1. The van der Waals surface area contributed by atoms with Crippen LogP contribution in [0.15, 0.2) is 0 Å². The first-order valence-electron chi connectivity index (χ1n) is 5.90. The lowest BCUT2D eigenvalue weighted by Gasteiger charge is -2.29. The van der Waals surface area contributed by atoms with Gasteiger partial charge in [-0.1, -0.05) is 12.8 Å². The first-order chi connectivity index (χ1) is 7.27. The van der Waals surface area contributed by atoms with Crippen LogP contribution in [0.2, 0.25) is 0 Å². The minimum absolute atomic E-state index is 0. The smallest absolute Gasteiger partial charge is 0.239 e. The summed E-state index contributed by atoms with van der Waals surface area (Å²) in [5.74, 6) is 0.959. The summed E-state index contributed by atoms with van der Waals surface area (Å²) in [6.07, 6.45) is 3.81. The van der Waals surface area contributed by atoms with E-state index in [2.05, 4.69) is 10.6 Å². The van der Waals surface area contributed by atoms with E-state index in [0.29, 0.717) is 6.61 Å². The maximum absolute atomic E-state index is 11.8. The van der Waals surface area contributed by atoms with Crippen molar-refractivity contribution in [2.75, 3.05) is 19.7 Å². The van der Waals surface area contributed by atoms with Gasteiger partial charge in [0.15, 0.2) is 0 Å². The minimum Gasteiger partial charge on any atom is -0.375 e. The normalized spacial score (nSPS) is 29.3. The molecule has 2 aliphatic rings. The monoisotopic (exact) mass is 248 g/mol. The fraction of sp³-hybridized carbons (Fsp3) is 0.909. The van der Waals surface area contributed by atoms with Gasteiger partial charge in [0.05, 0.1) is 12.7 Å². The molecule has 1 saturated carbocycles. The number of hydrogen-bond donors (Lipinski definition) is 2. The minimum atomic E-state index is -0.169.